The highest BCUT2D eigenvalue weighted by Gasteiger charge is 2.23. The predicted molar refractivity (Wildman–Crippen MR) is 61.7 cm³/mol. The third-order valence-electron chi connectivity index (χ3n) is 3.27. The molecule has 0 radical (unpaired) electrons. The summed E-state index contributed by atoms with van der Waals surface area (Å²) in [7, 11) is 0. The quantitative estimate of drug-likeness (QED) is 0.850. The SMILES string of the molecule is OC[C@H](c1ccccc1F)N1CCCCC1. The van der Waals surface area contributed by atoms with Crippen molar-refractivity contribution in [2.45, 2.75) is 25.3 Å². The molecular weight excluding hydrogens is 205 g/mol. The van der Waals surface area contributed by atoms with Crippen molar-refractivity contribution >= 4 is 0 Å². The van der Waals surface area contributed by atoms with E-state index in [9.17, 15) is 9.50 Å². The van der Waals surface area contributed by atoms with E-state index in [2.05, 4.69) is 4.90 Å². The second kappa shape index (κ2) is 5.41. The van der Waals surface area contributed by atoms with Crippen molar-refractivity contribution in [1.82, 2.24) is 4.90 Å². The standard InChI is InChI=1S/C13H18FNO/c14-12-7-3-2-6-11(12)13(10-16)15-8-4-1-5-9-15/h2-3,6-7,13,16H,1,4-5,8-10H2/t13-/m1/s1. The van der Waals surface area contributed by atoms with E-state index in [1.807, 2.05) is 6.07 Å². The number of nitrogens with zero attached hydrogens (tertiary/aromatic N) is 1. The van der Waals surface area contributed by atoms with Gasteiger partial charge in [0.2, 0.25) is 0 Å². The Balaban J connectivity index is 2.18. The summed E-state index contributed by atoms with van der Waals surface area (Å²) < 4.78 is 13.6. The first-order chi connectivity index (χ1) is 7.83. The maximum Gasteiger partial charge on any atom is 0.128 e. The fraction of sp³-hybridized carbons (Fsp3) is 0.538. The van der Waals surface area contributed by atoms with Gasteiger partial charge in [-0.15, -0.1) is 0 Å². The minimum atomic E-state index is -0.216. The third kappa shape index (κ3) is 2.42. The van der Waals surface area contributed by atoms with E-state index in [1.54, 1.807) is 12.1 Å². The highest BCUT2D eigenvalue weighted by atomic mass is 19.1. The molecule has 0 saturated carbocycles. The molecule has 0 unspecified atom stereocenters. The Kier molecular flexibility index (Phi) is 3.91. The zero-order valence-electron chi connectivity index (χ0n) is 9.40. The van der Waals surface area contributed by atoms with Crippen LogP contribution in [-0.4, -0.2) is 29.7 Å². The molecule has 88 valence electrons. The molecule has 1 aromatic rings. The van der Waals surface area contributed by atoms with Crippen LogP contribution in [0.2, 0.25) is 0 Å². The molecule has 0 amide bonds. The van der Waals surface area contributed by atoms with Crippen molar-refractivity contribution in [3.63, 3.8) is 0 Å². The van der Waals surface area contributed by atoms with Gasteiger partial charge >= 0.3 is 0 Å². The van der Waals surface area contributed by atoms with Crippen molar-refractivity contribution in [2.24, 2.45) is 0 Å². The van der Waals surface area contributed by atoms with Crippen molar-refractivity contribution < 1.29 is 9.50 Å². The number of rotatable bonds is 3. The van der Waals surface area contributed by atoms with Gasteiger partial charge in [0.1, 0.15) is 5.82 Å². The van der Waals surface area contributed by atoms with Gasteiger partial charge in [-0.2, -0.15) is 0 Å². The summed E-state index contributed by atoms with van der Waals surface area (Å²) in [6.45, 7) is 1.90. The van der Waals surface area contributed by atoms with E-state index in [0.717, 1.165) is 25.9 Å². The molecule has 1 aliphatic heterocycles. The molecule has 2 rings (SSSR count). The maximum absolute atomic E-state index is 13.6. The molecule has 3 heteroatoms. The van der Waals surface area contributed by atoms with E-state index >= 15 is 0 Å². The number of benzene rings is 1. The van der Waals surface area contributed by atoms with Gasteiger partial charge in [-0.1, -0.05) is 24.6 Å². The Bertz CT molecular complexity index is 336. The average Bonchev–Trinajstić information content (AvgIpc) is 2.34. The van der Waals surface area contributed by atoms with Crippen LogP contribution in [0, 0.1) is 5.82 Å². The molecule has 2 nitrogen and oxygen atoms in total. The topological polar surface area (TPSA) is 23.5 Å². The van der Waals surface area contributed by atoms with Gasteiger partial charge in [0.15, 0.2) is 0 Å². The second-order valence-corrected chi connectivity index (χ2v) is 4.32. The molecule has 0 spiro atoms. The van der Waals surface area contributed by atoms with E-state index < -0.39 is 0 Å². The summed E-state index contributed by atoms with van der Waals surface area (Å²) >= 11 is 0. The van der Waals surface area contributed by atoms with Crippen molar-refractivity contribution in [1.29, 1.82) is 0 Å². The highest BCUT2D eigenvalue weighted by molar-refractivity contribution is 5.21. The molecule has 1 atom stereocenters. The fourth-order valence-corrected chi connectivity index (χ4v) is 2.39. The Morgan fingerprint density at radius 1 is 1.19 bits per heavy atom. The van der Waals surface area contributed by atoms with Gasteiger partial charge in [0, 0.05) is 5.56 Å². The van der Waals surface area contributed by atoms with Gasteiger partial charge in [0.25, 0.3) is 0 Å². The second-order valence-electron chi connectivity index (χ2n) is 4.32. The lowest BCUT2D eigenvalue weighted by Gasteiger charge is -2.33. The molecule has 0 aliphatic carbocycles. The smallest absolute Gasteiger partial charge is 0.128 e. The Labute approximate surface area is 95.7 Å². The van der Waals surface area contributed by atoms with Gasteiger partial charge in [-0.25, -0.2) is 4.39 Å². The third-order valence-corrected chi connectivity index (χ3v) is 3.27. The van der Waals surface area contributed by atoms with Gasteiger partial charge in [-0.05, 0) is 32.0 Å². The summed E-state index contributed by atoms with van der Waals surface area (Å²) in [5.74, 6) is -0.216. The summed E-state index contributed by atoms with van der Waals surface area (Å²) in [6.07, 6.45) is 3.53. The van der Waals surface area contributed by atoms with Crippen LogP contribution in [0.4, 0.5) is 4.39 Å². The van der Waals surface area contributed by atoms with Crippen molar-refractivity contribution in [3.8, 4) is 0 Å². The zero-order valence-corrected chi connectivity index (χ0v) is 9.40. The number of likely N-dealkylation sites (tertiary alicyclic amines) is 1. The molecular formula is C13H18FNO. The maximum atomic E-state index is 13.6. The Morgan fingerprint density at radius 3 is 2.50 bits per heavy atom. The largest absolute Gasteiger partial charge is 0.394 e. The van der Waals surface area contributed by atoms with Crippen LogP contribution >= 0.6 is 0 Å². The molecule has 1 heterocycles. The van der Waals surface area contributed by atoms with E-state index in [4.69, 9.17) is 0 Å². The summed E-state index contributed by atoms with van der Waals surface area (Å²) in [6, 6.07) is 6.56. The highest BCUT2D eigenvalue weighted by Crippen LogP contribution is 2.25. The van der Waals surface area contributed by atoms with Crippen LogP contribution in [-0.2, 0) is 0 Å². The number of aliphatic hydroxyl groups is 1. The molecule has 1 saturated heterocycles. The molecule has 1 aliphatic rings. The molecule has 1 fully saturated rings. The van der Waals surface area contributed by atoms with Crippen LogP contribution in [0.25, 0.3) is 0 Å². The normalized spacial score (nSPS) is 19.6. The molecule has 0 aromatic heterocycles. The number of hydrogen-bond donors (Lipinski definition) is 1. The molecule has 0 bridgehead atoms. The number of aliphatic hydroxyl groups excluding tert-OH is 1. The van der Waals surface area contributed by atoms with Crippen molar-refractivity contribution in [3.05, 3.63) is 35.6 Å². The summed E-state index contributed by atoms with van der Waals surface area (Å²) in [4.78, 5) is 2.18. The zero-order chi connectivity index (χ0) is 11.4. The first-order valence-corrected chi connectivity index (χ1v) is 5.92. The monoisotopic (exact) mass is 223 g/mol. The van der Waals surface area contributed by atoms with E-state index in [1.165, 1.54) is 12.5 Å². The predicted octanol–water partition coefficient (Wildman–Crippen LogP) is 2.35. The summed E-state index contributed by atoms with van der Waals surface area (Å²) in [5, 5.41) is 9.45. The van der Waals surface area contributed by atoms with E-state index in [-0.39, 0.29) is 18.5 Å². The first kappa shape index (κ1) is 11.6. The van der Waals surface area contributed by atoms with Gasteiger partial charge in [0.05, 0.1) is 12.6 Å². The number of piperidine rings is 1. The van der Waals surface area contributed by atoms with Crippen molar-refractivity contribution in [2.75, 3.05) is 19.7 Å². The number of halogens is 1. The molecule has 1 N–H and O–H groups in total. The molecule has 16 heavy (non-hydrogen) atoms. The Morgan fingerprint density at radius 2 is 1.88 bits per heavy atom. The van der Waals surface area contributed by atoms with Gasteiger partial charge in [-0.3, -0.25) is 4.90 Å². The Hall–Kier alpha value is -0.930. The van der Waals surface area contributed by atoms with E-state index in [0.29, 0.717) is 5.56 Å². The van der Waals surface area contributed by atoms with Crippen LogP contribution in [0.15, 0.2) is 24.3 Å². The summed E-state index contributed by atoms with van der Waals surface area (Å²) in [5.41, 5.74) is 0.618. The average molecular weight is 223 g/mol. The van der Waals surface area contributed by atoms with Crippen LogP contribution in [0.5, 0.6) is 0 Å². The lowest BCUT2D eigenvalue weighted by molar-refractivity contribution is 0.102. The number of hydrogen-bond acceptors (Lipinski definition) is 2. The first-order valence-electron chi connectivity index (χ1n) is 5.92. The lowest BCUT2D eigenvalue weighted by atomic mass is 10.0. The van der Waals surface area contributed by atoms with Crippen LogP contribution in [0.1, 0.15) is 30.9 Å². The fourth-order valence-electron chi connectivity index (χ4n) is 2.39. The minimum absolute atomic E-state index is 0.0130. The lowest BCUT2D eigenvalue weighted by Crippen LogP contribution is -2.36. The van der Waals surface area contributed by atoms with Gasteiger partial charge < -0.3 is 5.11 Å². The van der Waals surface area contributed by atoms with Crippen LogP contribution < -0.4 is 0 Å². The van der Waals surface area contributed by atoms with Crippen LogP contribution in [0.3, 0.4) is 0 Å². The molecule has 1 aromatic carbocycles. The minimum Gasteiger partial charge on any atom is -0.394 e.